The third kappa shape index (κ3) is 2.56. The predicted octanol–water partition coefficient (Wildman–Crippen LogP) is 5.06. The number of alkyl halides is 2. The summed E-state index contributed by atoms with van der Waals surface area (Å²) in [4.78, 5) is 26.3. The van der Waals surface area contributed by atoms with Gasteiger partial charge in [-0.25, -0.2) is 0 Å². The molecule has 4 fully saturated rings. The van der Waals surface area contributed by atoms with Crippen molar-refractivity contribution >= 4 is 43.4 Å². The van der Waals surface area contributed by atoms with Gasteiger partial charge in [-0.1, -0.05) is 31.9 Å². The molecular weight excluding hydrogens is 408 g/mol. The maximum absolute atomic E-state index is 13.2. The minimum atomic E-state index is -0.493. The van der Waals surface area contributed by atoms with E-state index in [2.05, 4.69) is 31.9 Å². The zero-order chi connectivity index (χ0) is 16.6. The highest BCUT2D eigenvalue weighted by Crippen LogP contribution is 2.67. The second-order valence-electron chi connectivity index (χ2n) is 9.12. The Hall–Kier alpha value is 0.300. The monoisotopic (exact) mass is 432 g/mol. The largest absolute Gasteiger partial charge is 0.298 e. The predicted molar refractivity (Wildman–Crippen MR) is 95.6 cm³/mol. The average Bonchev–Trinajstić information content (AvgIpc) is 2.33. The number of halogens is 2. The van der Waals surface area contributed by atoms with Gasteiger partial charge in [0.2, 0.25) is 0 Å². The molecule has 4 aliphatic rings. The van der Waals surface area contributed by atoms with E-state index in [0.717, 1.165) is 32.1 Å². The third-order valence-corrected chi connectivity index (χ3v) is 6.82. The Balaban J connectivity index is 2.01. The number of carbonyl (C=O) groups excluding carboxylic acids is 2. The van der Waals surface area contributed by atoms with Gasteiger partial charge in [0.15, 0.2) is 11.6 Å². The summed E-state index contributed by atoms with van der Waals surface area (Å²) in [5.74, 6) is 1.75. The minimum Gasteiger partial charge on any atom is -0.298 e. The van der Waals surface area contributed by atoms with Gasteiger partial charge in [-0.05, 0) is 78.1 Å². The van der Waals surface area contributed by atoms with Crippen molar-refractivity contribution in [2.75, 3.05) is 0 Å². The molecule has 0 radical (unpaired) electrons. The molecule has 4 rings (SSSR count). The average molecular weight is 434 g/mol. The van der Waals surface area contributed by atoms with E-state index in [0.29, 0.717) is 23.4 Å². The molecule has 0 atom stereocenters. The fourth-order valence-electron chi connectivity index (χ4n) is 6.05. The maximum Gasteiger partial charge on any atom is 0.155 e. The van der Waals surface area contributed by atoms with Gasteiger partial charge in [0.05, 0.1) is 8.65 Å². The van der Waals surface area contributed by atoms with Gasteiger partial charge in [-0.2, -0.15) is 0 Å². The summed E-state index contributed by atoms with van der Waals surface area (Å²) in [6, 6.07) is 0. The van der Waals surface area contributed by atoms with Crippen molar-refractivity contribution < 1.29 is 9.59 Å². The molecule has 2 nitrogen and oxygen atoms in total. The van der Waals surface area contributed by atoms with E-state index in [1.165, 1.54) is 6.42 Å². The molecule has 124 valence electrons. The first-order valence-corrected chi connectivity index (χ1v) is 9.94. The first kappa shape index (κ1) is 17.1. The Morgan fingerprint density at radius 3 is 1.41 bits per heavy atom. The lowest BCUT2D eigenvalue weighted by Crippen LogP contribution is -2.61. The van der Waals surface area contributed by atoms with E-state index in [9.17, 15) is 9.59 Å². The van der Waals surface area contributed by atoms with E-state index in [-0.39, 0.29) is 10.8 Å². The van der Waals surface area contributed by atoms with E-state index < -0.39 is 8.65 Å². The van der Waals surface area contributed by atoms with E-state index in [1.54, 1.807) is 0 Å². The molecule has 4 bridgehead atoms. The second kappa shape index (κ2) is 4.91. The Bertz CT molecular complexity index is 466. The number of ketones is 2. The van der Waals surface area contributed by atoms with Crippen LogP contribution in [0.2, 0.25) is 0 Å². The van der Waals surface area contributed by atoms with Crippen LogP contribution in [0.15, 0.2) is 0 Å². The van der Waals surface area contributed by atoms with Gasteiger partial charge in [-0.15, -0.1) is 0 Å². The molecule has 0 amide bonds. The van der Waals surface area contributed by atoms with Crippen LogP contribution in [-0.2, 0) is 9.59 Å². The molecule has 0 aromatic rings. The van der Waals surface area contributed by atoms with Crippen molar-refractivity contribution in [3.05, 3.63) is 0 Å². The topological polar surface area (TPSA) is 34.1 Å². The van der Waals surface area contributed by atoms with E-state index >= 15 is 0 Å². The number of rotatable bonds is 4. The van der Waals surface area contributed by atoms with Crippen molar-refractivity contribution in [2.45, 2.75) is 74.9 Å². The zero-order valence-corrected chi connectivity index (χ0v) is 17.1. The maximum atomic E-state index is 13.2. The van der Waals surface area contributed by atoms with Gasteiger partial charge < -0.3 is 0 Å². The molecule has 4 heteroatoms. The molecule has 0 heterocycles. The van der Waals surface area contributed by atoms with Gasteiger partial charge in [0.1, 0.15) is 0 Å². The van der Waals surface area contributed by atoms with Crippen LogP contribution in [-0.4, -0.2) is 20.2 Å². The fourth-order valence-corrected chi connectivity index (χ4v) is 6.90. The number of carbonyl (C=O) groups is 2. The molecule has 22 heavy (non-hydrogen) atoms. The third-order valence-electron chi connectivity index (χ3n) is 6.10. The van der Waals surface area contributed by atoms with Crippen molar-refractivity contribution in [3.63, 3.8) is 0 Å². The van der Waals surface area contributed by atoms with Crippen LogP contribution >= 0.6 is 31.9 Å². The lowest BCUT2D eigenvalue weighted by atomic mass is 9.41. The smallest absolute Gasteiger partial charge is 0.155 e. The van der Waals surface area contributed by atoms with Gasteiger partial charge in [0, 0.05) is 10.8 Å². The summed E-state index contributed by atoms with van der Waals surface area (Å²) in [5, 5.41) is 0. The second-order valence-corrected chi connectivity index (χ2v) is 13.1. The normalized spacial score (nSPS) is 40.8. The standard InChI is InChI=1S/C18H26Br2O2/c1-15(2,19)13(21)17-6-11-5-12(7-17)9-18(8-11,10-17)14(22)16(3,4)20/h11-12H,5-10H2,1-4H3. The zero-order valence-electron chi connectivity index (χ0n) is 14.0. The summed E-state index contributed by atoms with van der Waals surface area (Å²) in [6.07, 6.45) is 5.97. The number of hydrogen-bond acceptors (Lipinski definition) is 2. The van der Waals surface area contributed by atoms with Crippen molar-refractivity contribution in [1.29, 1.82) is 0 Å². The molecule has 0 spiro atoms. The van der Waals surface area contributed by atoms with Crippen LogP contribution in [0.3, 0.4) is 0 Å². The summed E-state index contributed by atoms with van der Waals surface area (Å²) >= 11 is 7.17. The highest BCUT2D eigenvalue weighted by atomic mass is 79.9. The molecule has 4 aliphatic carbocycles. The number of hydrogen-bond donors (Lipinski definition) is 0. The summed E-state index contributed by atoms with van der Waals surface area (Å²) in [5.41, 5.74) is -0.546. The molecular formula is C18H26Br2O2. The molecule has 0 N–H and O–H groups in total. The van der Waals surface area contributed by atoms with Crippen molar-refractivity contribution in [1.82, 2.24) is 0 Å². The summed E-state index contributed by atoms with van der Waals surface area (Å²) in [7, 11) is 0. The number of Topliss-reactive ketones (excluding diaryl/α,β-unsaturated/α-hetero) is 2. The van der Waals surface area contributed by atoms with Gasteiger partial charge >= 0.3 is 0 Å². The van der Waals surface area contributed by atoms with Crippen LogP contribution < -0.4 is 0 Å². The van der Waals surface area contributed by atoms with Gasteiger partial charge in [-0.3, -0.25) is 9.59 Å². The lowest BCUT2D eigenvalue weighted by Gasteiger charge is -2.62. The van der Waals surface area contributed by atoms with Crippen LogP contribution in [0.4, 0.5) is 0 Å². The molecule has 0 unspecified atom stereocenters. The Labute approximate surface area is 150 Å². The van der Waals surface area contributed by atoms with Crippen molar-refractivity contribution in [3.8, 4) is 0 Å². The Morgan fingerprint density at radius 2 is 1.14 bits per heavy atom. The Morgan fingerprint density at radius 1 is 0.818 bits per heavy atom. The first-order chi connectivity index (χ1) is 9.88. The molecule has 0 aliphatic heterocycles. The van der Waals surface area contributed by atoms with Crippen LogP contribution in [0.5, 0.6) is 0 Å². The molecule has 0 aromatic carbocycles. The highest BCUT2D eigenvalue weighted by Gasteiger charge is 2.64. The summed E-state index contributed by atoms with van der Waals surface area (Å²) in [6.45, 7) is 7.82. The van der Waals surface area contributed by atoms with Gasteiger partial charge in [0.25, 0.3) is 0 Å². The SMILES string of the molecule is CC(C)(Br)C(=O)C12CC3CC(C1)CC(C(=O)C(C)(C)Br)(C3)C2. The first-order valence-electron chi connectivity index (χ1n) is 8.36. The Kier molecular flexibility index (Phi) is 3.82. The van der Waals surface area contributed by atoms with Crippen LogP contribution in [0.25, 0.3) is 0 Å². The van der Waals surface area contributed by atoms with Crippen LogP contribution in [0.1, 0.15) is 66.2 Å². The molecule has 4 saturated carbocycles. The fraction of sp³-hybridized carbons (Fsp3) is 0.889. The quantitative estimate of drug-likeness (QED) is 0.580. The molecule has 0 saturated heterocycles. The van der Waals surface area contributed by atoms with Crippen LogP contribution in [0, 0.1) is 22.7 Å². The molecule has 0 aromatic heterocycles. The van der Waals surface area contributed by atoms with E-state index in [1.807, 2.05) is 27.7 Å². The van der Waals surface area contributed by atoms with Crippen molar-refractivity contribution in [2.24, 2.45) is 22.7 Å². The highest BCUT2D eigenvalue weighted by molar-refractivity contribution is 9.10. The summed E-state index contributed by atoms with van der Waals surface area (Å²) < 4.78 is -0.986. The van der Waals surface area contributed by atoms with E-state index in [4.69, 9.17) is 0 Å². The lowest BCUT2D eigenvalue weighted by molar-refractivity contribution is -0.166. The minimum absolute atomic E-state index is 0.273.